The first-order valence-corrected chi connectivity index (χ1v) is 8.98. The zero-order valence-corrected chi connectivity index (χ0v) is 14.6. The number of rotatable bonds is 4. The molecule has 1 N–H and O–H groups in total. The molecule has 0 aromatic heterocycles. The number of likely N-dealkylation sites (N-methyl/N-ethyl adjacent to an activating group) is 1. The largest absolute Gasteiger partial charge is 0.495 e. The molecule has 1 aliphatic heterocycles. The Balaban J connectivity index is 1.82. The summed E-state index contributed by atoms with van der Waals surface area (Å²) in [5.41, 5.74) is 1.08. The van der Waals surface area contributed by atoms with Crippen LogP contribution in [0, 0.1) is 0 Å². The first-order valence-electron chi connectivity index (χ1n) is 7.50. The van der Waals surface area contributed by atoms with Gasteiger partial charge in [0.05, 0.1) is 17.7 Å². The van der Waals surface area contributed by atoms with Crippen LogP contribution in [0.25, 0.3) is 0 Å². The maximum atomic E-state index is 12.4. The van der Waals surface area contributed by atoms with Crippen LogP contribution < -0.4 is 14.4 Å². The Labute approximate surface area is 146 Å². The summed E-state index contributed by atoms with van der Waals surface area (Å²) in [4.78, 5) is 18.2. The van der Waals surface area contributed by atoms with E-state index in [0.29, 0.717) is 17.0 Å². The minimum absolute atomic E-state index is 0.166. The van der Waals surface area contributed by atoms with Gasteiger partial charge < -0.3 is 9.64 Å². The smallest absolute Gasteiger partial charge is 0.263 e. The predicted molar refractivity (Wildman–Crippen MR) is 94.6 cm³/mol. The number of para-hydroxylation sites is 2. The maximum absolute atomic E-state index is 12.4. The molecule has 0 fully saturated rings. The standard InChI is InChI=1S/C17H17N3O4S/c1-20(13-8-4-5-9-14(13)24-2)16(21)11-18-17-12-7-3-6-10-15(12)25(22,23)19-17/h3-10H,11H2,1-2H3,(H,18,19). The maximum Gasteiger partial charge on any atom is 0.263 e. The van der Waals surface area contributed by atoms with Crippen LogP contribution in [0.4, 0.5) is 5.69 Å². The molecule has 25 heavy (non-hydrogen) atoms. The Hall–Kier alpha value is -2.87. The fourth-order valence-electron chi connectivity index (χ4n) is 2.55. The number of aliphatic imine (C=N–C) groups is 1. The molecule has 0 atom stereocenters. The van der Waals surface area contributed by atoms with E-state index in [4.69, 9.17) is 4.74 Å². The van der Waals surface area contributed by atoms with Gasteiger partial charge in [0.25, 0.3) is 10.0 Å². The SMILES string of the molecule is COc1ccccc1N(C)C(=O)CN=C1NS(=O)(=O)c2ccccc21. The van der Waals surface area contributed by atoms with Crippen molar-refractivity contribution in [3.8, 4) is 5.75 Å². The normalized spacial score (nSPS) is 16.2. The molecule has 7 nitrogen and oxygen atoms in total. The van der Waals surface area contributed by atoms with Crippen LogP contribution in [-0.2, 0) is 14.8 Å². The zero-order chi connectivity index (χ0) is 18.0. The minimum atomic E-state index is -3.61. The third kappa shape index (κ3) is 3.20. The number of ether oxygens (including phenoxy) is 1. The van der Waals surface area contributed by atoms with Crippen LogP contribution in [0.1, 0.15) is 5.56 Å². The molecule has 1 amide bonds. The van der Waals surface area contributed by atoms with Crippen molar-refractivity contribution in [2.75, 3.05) is 25.6 Å². The number of anilines is 1. The van der Waals surface area contributed by atoms with Crippen molar-refractivity contribution in [3.63, 3.8) is 0 Å². The van der Waals surface area contributed by atoms with Crippen LogP contribution in [0.5, 0.6) is 5.75 Å². The Kier molecular flexibility index (Phi) is 4.45. The van der Waals surface area contributed by atoms with Crippen LogP contribution in [0.15, 0.2) is 58.4 Å². The number of benzene rings is 2. The van der Waals surface area contributed by atoms with Crippen LogP contribution in [0.2, 0.25) is 0 Å². The molecule has 0 bridgehead atoms. The Bertz CT molecular complexity index is 954. The van der Waals surface area contributed by atoms with E-state index in [9.17, 15) is 13.2 Å². The summed E-state index contributed by atoms with van der Waals surface area (Å²) in [5, 5.41) is 0. The lowest BCUT2D eigenvalue weighted by Crippen LogP contribution is -2.30. The number of hydrogen-bond donors (Lipinski definition) is 1. The number of nitrogens with zero attached hydrogens (tertiary/aromatic N) is 2. The molecule has 0 radical (unpaired) electrons. The highest BCUT2D eigenvalue weighted by molar-refractivity contribution is 7.90. The van der Waals surface area contributed by atoms with Gasteiger partial charge in [0.15, 0.2) is 0 Å². The van der Waals surface area contributed by atoms with Crippen molar-refractivity contribution in [1.82, 2.24) is 4.72 Å². The number of amidine groups is 1. The third-order valence-corrected chi connectivity index (χ3v) is 5.25. The third-order valence-electron chi connectivity index (χ3n) is 3.86. The van der Waals surface area contributed by atoms with E-state index < -0.39 is 10.0 Å². The summed E-state index contributed by atoms with van der Waals surface area (Å²) in [6.45, 7) is -0.194. The van der Waals surface area contributed by atoms with Gasteiger partial charge in [-0.25, -0.2) is 8.42 Å². The van der Waals surface area contributed by atoms with Gasteiger partial charge in [-0.1, -0.05) is 24.3 Å². The second-order valence-corrected chi connectivity index (χ2v) is 7.04. The van der Waals surface area contributed by atoms with Gasteiger partial charge in [0.1, 0.15) is 18.1 Å². The first-order chi connectivity index (χ1) is 11.9. The number of amides is 1. The average Bonchev–Trinajstić information content (AvgIpc) is 2.90. The van der Waals surface area contributed by atoms with Crippen LogP contribution in [0.3, 0.4) is 0 Å². The first kappa shape index (κ1) is 17.0. The number of nitrogens with one attached hydrogen (secondary N) is 1. The summed E-state index contributed by atoms with van der Waals surface area (Å²) in [6, 6.07) is 13.6. The van der Waals surface area contributed by atoms with E-state index in [1.165, 1.54) is 18.1 Å². The molecule has 130 valence electrons. The number of carbonyl (C=O) groups is 1. The van der Waals surface area contributed by atoms with E-state index in [-0.39, 0.29) is 23.2 Å². The van der Waals surface area contributed by atoms with Crippen LogP contribution in [-0.4, -0.2) is 40.9 Å². The quantitative estimate of drug-likeness (QED) is 0.894. The van der Waals surface area contributed by atoms with Crippen molar-refractivity contribution in [3.05, 3.63) is 54.1 Å². The lowest BCUT2D eigenvalue weighted by Gasteiger charge is -2.19. The van der Waals surface area contributed by atoms with Gasteiger partial charge in [0.2, 0.25) is 5.91 Å². The Morgan fingerprint density at radius 2 is 1.84 bits per heavy atom. The number of hydrogen-bond acceptors (Lipinski definition) is 5. The molecule has 0 saturated heterocycles. The molecule has 1 heterocycles. The monoisotopic (exact) mass is 359 g/mol. The molecular formula is C17H17N3O4S. The van der Waals surface area contributed by atoms with Gasteiger partial charge in [-0.3, -0.25) is 14.5 Å². The van der Waals surface area contributed by atoms with Crippen molar-refractivity contribution >= 4 is 27.5 Å². The van der Waals surface area contributed by atoms with Crippen molar-refractivity contribution < 1.29 is 17.9 Å². The number of fused-ring (bicyclic) bond motifs is 1. The van der Waals surface area contributed by atoms with E-state index in [0.717, 1.165) is 0 Å². The summed E-state index contributed by atoms with van der Waals surface area (Å²) in [5.74, 6) is 0.455. The highest BCUT2D eigenvalue weighted by atomic mass is 32.2. The number of methoxy groups -OCH3 is 1. The van der Waals surface area contributed by atoms with Crippen LogP contribution >= 0.6 is 0 Å². The molecule has 2 aromatic carbocycles. The number of carbonyl (C=O) groups excluding carboxylic acids is 1. The van der Waals surface area contributed by atoms with Crippen molar-refractivity contribution in [2.24, 2.45) is 4.99 Å². The molecule has 3 rings (SSSR count). The summed E-state index contributed by atoms with van der Waals surface area (Å²) < 4.78 is 31.7. The zero-order valence-electron chi connectivity index (χ0n) is 13.8. The molecule has 2 aromatic rings. The van der Waals surface area contributed by atoms with E-state index in [1.54, 1.807) is 43.4 Å². The average molecular weight is 359 g/mol. The second kappa shape index (κ2) is 6.56. The predicted octanol–water partition coefficient (Wildman–Crippen LogP) is 1.40. The van der Waals surface area contributed by atoms with E-state index in [2.05, 4.69) is 9.71 Å². The molecule has 0 unspecified atom stereocenters. The van der Waals surface area contributed by atoms with Gasteiger partial charge in [-0.15, -0.1) is 0 Å². The topological polar surface area (TPSA) is 88.1 Å². The van der Waals surface area contributed by atoms with Crippen molar-refractivity contribution in [2.45, 2.75) is 4.90 Å². The molecule has 0 spiro atoms. The van der Waals surface area contributed by atoms with Gasteiger partial charge in [0, 0.05) is 12.6 Å². The molecular weight excluding hydrogens is 342 g/mol. The van der Waals surface area contributed by atoms with Gasteiger partial charge in [-0.05, 0) is 24.3 Å². The summed E-state index contributed by atoms with van der Waals surface area (Å²) in [7, 11) is -0.464. The highest BCUT2D eigenvalue weighted by Crippen LogP contribution is 2.27. The molecule has 1 aliphatic rings. The van der Waals surface area contributed by atoms with Crippen molar-refractivity contribution in [1.29, 1.82) is 0 Å². The second-order valence-electron chi connectivity index (χ2n) is 5.39. The minimum Gasteiger partial charge on any atom is -0.495 e. The highest BCUT2D eigenvalue weighted by Gasteiger charge is 2.30. The molecule has 0 saturated carbocycles. The fraction of sp³-hybridized carbons (Fsp3) is 0.176. The summed E-state index contributed by atoms with van der Waals surface area (Å²) in [6.07, 6.45) is 0. The van der Waals surface area contributed by atoms with Gasteiger partial charge in [-0.2, -0.15) is 0 Å². The Morgan fingerprint density at radius 1 is 1.16 bits per heavy atom. The summed E-state index contributed by atoms with van der Waals surface area (Å²) >= 11 is 0. The van der Waals surface area contributed by atoms with Gasteiger partial charge >= 0.3 is 0 Å². The van der Waals surface area contributed by atoms with E-state index >= 15 is 0 Å². The molecule has 0 aliphatic carbocycles. The lowest BCUT2D eigenvalue weighted by molar-refractivity contribution is -0.117. The lowest BCUT2D eigenvalue weighted by atomic mass is 10.2. The molecule has 8 heteroatoms. The fourth-order valence-corrected chi connectivity index (χ4v) is 3.80. The Morgan fingerprint density at radius 3 is 2.60 bits per heavy atom. The number of sulfonamides is 1. The van der Waals surface area contributed by atoms with E-state index in [1.807, 2.05) is 6.07 Å².